The highest BCUT2D eigenvalue weighted by molar-refractivity contribution is 7.53. The second-order valence-corrected chi connectivity index (χ2v) is 12.2. The summed E-state index contributed by atoms with van der Waals surface area (Å²) < 4.78 is 12.5. The van der Waals surface area contributed by atoms with Crippen molar-refractivity contribution in [1.82, 2.24) is 0 Å². The van der Waals surface area contributed by atoms with E-state index in [1.54, 1.807) is 30.3 Å². The van der Waals surface area contributed by atoms with Crippen molar-refractivity contribution in [3.63, 3.8) is 0 Å². The van der Waals surface area contributed by atoms with E-state index in [-0.39, 0.29) is 18.6 Å². The van der Waals surface area contributed by atoms with E-state index < -0.39 is 85.4 Å². The Morgan fingerprint density at radius 1 is 0.833 bits per heavy atom. The molecule has 0 fully saturated rings. The molecular formula is C28H40N5O8P. The van der Waals surface area contributed by atoms with Crippen LogP contribution in [0.3, 0.4) is 0 Å². The Morgan fingerprint density at radius 3 is 1.86 bits per heavy atom. The molecule has 230 valence electrons. The summed E-state index contributed by atoms with van der Waals surface area (Å²) in [5.41, 5.74) is 26.4. The molecule has 14 heteroatoms. The minimum atomic E-state index is -5.22. The average molecular weight is 606 g/mol. The number of hydrogen-bond donors (Lipinski definition) is 8. The Kier molecular flexibility index (Phi) is 12.4. The Bertz CT molecular complexity index is 1300. The first-order valence-corrected chi connectivity index (χ1v) is 15.0. The van der Waals surface area contributed by atoms with Crippen LogP contribution in [0.25, 0.3) is 0 Å². The third-order valence-electron chi connectivity index (χ3n) is 7.22. The number of carbonyl (C=O) groups excluding carboxylic acids is 4. The van der Waals surface area contributed by atoms with Crippen LogP contribution in [0, 0.1) is 5.41 Å². The van der Waals surface area contributed by atoms with E-state index in [4.69, 9.17) is 28.7 Å². The van der Waals surface area contributed by atoms with Gasteiger partial charge in [-0.3, -0.25) is 23.7 Å². The monoisotopic (exact) mass is 605 g/mol. The molecule has 2 rings (SSSR count). The number of phenolic OH excluding ortho intramolecular Hbond substituents is 1. The average Bonchev–Trinajstić information content (AvgIpc) is 2.93. The molecule has 0 radical (unpaired) electrons. The smallest absolute Gasteiger partial charge is 0.337 e. The molecule has 6 atom stereocenters. The minimum Gasteiger partial charge on any atom is -0.508 e. The summed E-state index contributed by atoms with van der Waals surface area (Å²) >= 11 is 0. The zero-order chi connectivity index (χ0) is 31.8. The summed E-state index contributed by atoms with van der Waals surface area (Å²) in [6.07, 6.45) is -1.30. The molecule has 0 aliphatic heterocycles. The summed E-state index contributed by atoms with van der Waals surface area (Å²) in [4.78, 5) is 73.8. The Hall–Kier alpha value is -3.13. The van der Waals surface area contributed by atoms with Gasteiger partial charge in [0.2, 0.25) is 0 Å². The van der Waals surface area contributed by atoms with Gasteiger partial charge in [0, 0.05) is 6.04 Å². The molecule has 0 saturated heterocycles. The van der Waals surface area contributed by atoms with Gasteiger partial charge in [-0.15, -0.1) is 0 Å². The molecular weight excluding hydrogens is 565 g/mol. The van der Waals surface area contributed by atoms with Crippen molar-refractivity contribution in [2.45, 2.75) is 62.4 Å². The molecule has 0 amide bonds. The molecule has 0 aliphatic carbocycles. The predicted octanol–water partition coefficient (Wildman–Crippen LogP) is -0.945. The Balaban J connectivity index is 2.41. The van der Waals surface area contributed by atoms with E-state index >= 15 is 0 Å². The maximum atomic E-state index is 13.8. The van der Waals surface area contributed by atoms with Gasteiger partial charge in [-0.1, -0.05) is 42.5 Å². The van der Waals surface area contributed by atoms with Crippen molar-refractivity contribution in [3.8, 4) is 5.75 Å². The number of hydrogen-bond acceptors (Lipinski definition) is 11. The molecule has 2 aromatic rings. The van der Waals surface area contributed by atoms with Gasteiger partial charge in [0.05, 0.1) is 24.7 Å². The lowest BCUT2D eigenvalue weighted by Gasteiger charge is -2.34. The molecule has 0 spiro atoms. The summed E-state index contributed by atoms with van der Waals surface area (Å²) in [6.45, 7) is 0.553. The number of Topliss-reactive ketones (excluding diaryl/α,β-unsaturated/α-hetero) is 4. The number of ketones is 4. The van der Waals surface area contributed by atoms with Crippen molar-refractivity contribution in [2.24, 2.45) is 34.1 Å². The predicted molar refractivity (Wildman–Crippen MR) is 156 cm³/mol. The van der Waals surface area contributed by atoms with Crippen LogP contribution in [0.5, 0.6) is 5.75 Å². The number of phenols is 1. The van der Waals surface area contributed by atoms with Gasteiger partial charge in [-0.2, -0.15) is 0 Å². The molecule has 0 bridgehead atoms. The van der Waals surface area contributed by atoms with E-state index in [1.807, 2.05) is 0 Å². The third-order valence-corrected chi connectivity index (χ3v) is 8.58. The molecule has 2 aromatic carbocycles. The summed E-state index contributed by atoms with van der Waals surface area (Å²) in [6, 6.07) is 8.69. The number of benzene rings is 2. The molecule has 42 heavy (non-hydrogen) atoms. The zero-order valence-electron chi connectivity index (χ0n) is 23.3. The zero-order valence-corrected chi connectivity index (χ0v) is 24.2. The lowest BCUT2D eigenvalue weighted by Crippen LogP contribution is -2.59. The minimum absolute atomic E-state index is 0.0206. The van der Waals surface area contributed by atoms with Gasteiger partial charge >= 0.3 is 7.60 Å². The lowest BCUT2D eigenvalue weighted by atomic mass is 9.67. The van der Waals surface area contributed by atoms with Crippen LogP contribution >= 0.6 is 7.60 Å². The molecule has 0 heterocycles. The van der Waals surface area contributed by atoms with Crippen LogP contribution in [0.15, 0.2) is 54.6 Å². The third kappa shape index (κ3) is 8.46. The van der Waals surface area contributed by atoms with Crippen LogP contribution in [-0.2, 0) is 36.6 Å². The van der Waals surface area contributed by atoms with Gasteiger partial charge < -0.3 is 43.6 Å². The van der Waals surface area contributed by atoms with Crippen LogP contribution in [0.2, 0.25) is 0 Å². The largest absolute Gasteiger partial charge is 0.508 e. The van der Waals surface area contributed by atoms with Crippen molar-refractivity contribution >= 4 is 30.7 Å². The maximum Gasteiger partial charge on any atom is 0.337 e. The van der Waals surface area contributed by atoms with Crippen molar-refractivity contribution < 1.29 is 38.6 Å². The highest BCUT2D eigenvalue weighted by Crippen LogP contribution is 2.45. The fraction of sp³-hybridized carbons (Fsp3) is 0.429. The summed E-state index contributed by atoms with van der Waals surface area (Å²) in [7, 11) is -5.22. The maximum absolute atomic E-state index is 13.8. The molecule has 13 nitrogen and oxygen atoms in total. The number of rotatable bonds is 17. The standard InChI is InChI=1S/C28H40N5O8P/c1-16(30)26(37)28(23(35)15-29,27(38)22(33)14-17-5-3-2-4-6-17)12-11-20(31)25(42(39,40)41)24(36)21(32)13-18-7-9-19(34)10-8-18/h2-10,16,20-22,25,34H,11-15,29-33H2,1H3,(H2,39,40,41)/t16-,20?,21-,22-,25?,28?/m0/s1. The van der Waals surface area contributed by atoms with E-state index in [0.29, 0.717) is 11.1 Å². The number of aromatic hydroxyl groups is 1. The lowest BCUT2D eigenvalue weighted by molar-refractivity contribution is -0.150. The fourth-order valence-corrected chi connectivity index (χ4v) is 6.17. The van der Waals surface area contributed by atoms with Gasteiger partial charge in [-0.25, -0.2) is 0 Å². The van der Waals surface area contributed by atoms with Crippen molar-refractivity contribution in [1.29, 1.82) is 0 Å². The van der Waals surface area contributed by atoms with E-state index in [1.165, 1.54) is 31.2 Å². The van der Waals surface area contributed by atoms with Crippen LogP contribution in [-0.4, -0.2) is 74.4 Å². The van der Waals surface area contributed by atoms with Crippen molar-refractivity contribution in [2.75, 3.05) is 6.54 Å². The van der Waals surface area contributed by atoms with E-state index in [2.05, 4.69) is 0 Å². The topological polar surface area (TPSA) is 276 Å². The summed E-state index contributed by atoms with van der Waals surface area (Å²) in [5.74, 6) is -3.98. The molecule has 0 saturated carbocycles. The van der Waals surface area contributed by atoms with Gasteiger partial charge in [0.1, 0.15) is 16.8 Å². The van der Waals surface area contributed by atoms with E-state index in [9.17, 15) is 38.6 Å². The molecule has 0 aliphatic rings. The molecule has 3 unspecified atom stereocenters. The van der Waals surface area contributed by atoms with Crippen LogP contribution in [0.4, 0.5) is 0 Å². The van der Waals surface area contributed by atoms with Crippen LogP contribution in [0.1, 0.15) is 30.9 Å². The highest BCUT2D eigenvalue weighted by atomic mass is 31.2. The normalized spacial score (nSPS) is 16.9. The van der Waals surface area contributed by atoms with Gasteiger partial charge in [0.15, 0.2) is 23.1 Å². The fourth-order valence-electron chi connectivity index (χ4n) is 5.00. The summed E-state index contributed by atoms with van der Waals surface area (Å²) in [5, 5.41) is 9.46. The quantitative estimate of drug-likeness (QED) is 0.0799. The Labute approximate surface area is 244 Å². The van der Waals surface area contributed by atoms with E-state index in [0.717, 1.165) is 0 Å². The number of nitrogens with two attached hydrogens (primary N) is 5. The first kappa shape index (κ1) is 35.1. The second kappa shape index (κ2) is 14.9. The number of carbonyl (C=O) groups is 4. The second-order valence-electron chi connectivity index (χ2n) is 10.5. The van der Waals surface area contributed by atoms with Crippen molar-refractivity contribution in [3.05, 3.63) is 65.7 Å². The highest BCUT2D eigenvalue weighted by Gasteiger charge is 2.54. The SMILES string of the molecule is C[C@H](N)C(=O)C(CCC(N)C(C(=O)[C@@H](N)Cc1ccc(O)cc1)P(=O)(O)O)(C(=O)CN)C(=O)[C@@H](N)Cc1ccccc1. The molecule has 0 aromatic heterocycles. The first-order chi connectivity index (χ1) is 19.6. The van der Waals surface area contributed by atoms with Gasteiger partial charge in [0.25, 0.3) is 0 Å². The Morgan fingerprint density at radius 2 is 1.36 bits per heavy atom. The molecule has 13 N–H and O–H groups in total. The van der Waals surface area contributed by atoms with Crippen LogP contribution < -0.4 is 28.7 Å². The first-order valence-electron chi connectivity index (χ1n) is 13.3. The van der Waals surface area contributed by atoms with Gasteiger partial charge in [-0.05, 0) is 55.9 Å².